The van der Waals surface area contributed by atoms with Crippen molar-refractivity contribution in [2.75, 3.05) is 7.11 Å². The van der Waals surface area contributed by atoms with E-state index in [-0.39, 0.29) is 22.7 Å². The summed E-state index contributed by atoms with van der Waals surface area (Å²) in [4.78, 5) is 0. The van der Waals surface area contributed by atoms with Crippen molar-refractivity contribution in [2.45, 2.75) is 96.6 Å². The van der Waals surface area contributed by atoms with Crippen LogP contribution >= 0.6 is 0 Å². The molecule has 0 aliphatic heterocycles. The monoisotopic (exact) mass is 430 g/mol. The first-order valence-electron chi connectivity index (χ1n) is 11.9. The SMILES string of the molecule is COc1ccc2c(c1)C[C@@H](C)[C@H]1[C@@H]3[C@@H](O)C[C@H](O[Si](C)(C)C(C)(C)C)[C@@]3(C)CC[C@H]21. The van der Waals surface area contributed by atoms with Gasteiger partial charge in [0.05, 0.1) is 19.3 Å². The summed E-state index contributed by atoms with van der Waals surface area (Å²) in [6.07, 6.45) is 4.17. The minimum Gasteiger partial charge on any atom is -0.497 e. The minimum atomic E-state index is -1.88. The Morgan fingerprint density at radius 3 is 2.53 bits per heavy atom. The Kier molecular flexibility index (Phi) is 5.48. The Morgan fingerprint density at radius 1 is 1.20 bits per heavy atom. The van der Waals surface area contributed by atoms with Crippen molar-refractivity contribution in [2.24, 2.45) is 23.2 Å². The van der Waals surface area contributed by atoms with E-state index in [2.05, 4.69) is 65.9 Å². The van der Waals surface area contributed by atoms with Crippen LogP contribution in [0.15, 0.2) is 18.2 Å². The third kappa shape index (κ3) is 3.38. The summed E-state index contributed by atoms with van der Waals surface area (Å²) in [7, 11) is -0.126. The molecular formula is C26H42O3Si. The first kappa shape index (κ1) is 22.4. The predicted molar refractivity (Wildman–Crippen MR) is 126 cm³/mol. The number of methoxy groups -OCH3 is 1. The third-order valence-corrected chi connectivity index (χ3v) is 13.9. The Balaban J connectivity index is 1.66. The van der Waals surface area contributed by atoms with Crippen molar-refractivity contribution in [3.8, 4) is 5.75 Å². The maximum absolute atomic E-state index is 11.4. The molecule has 0 amide bonds. The smallest absolute Gasteiger partial charge is 0.192 e. The number of hydrogen-bond acceptors (Lipinski definition) is 3. The molecule has 4 heteroatoms. The maximum Gasteiger partial charge on any atom is 0.192 e. The van der Waals surface area contributed by atoms with Gasteiger partial charge in [0.25, 0.3) is 0 Å². The summed E-state index contributed by atoms with van der Waals surface area (Å²) in [5.41, 5.74) is 3.03. The number of rotatable bonds is 3. The second-order valence-electron chi connectivity index (χ2n) is 12.2. The third-order valence-electron chi connectivity index (χ3n) is 9.43. The lowest BCUT2D eigenvalue weighted by Gasteiger charge is -2.54. The van der Waals surface area contributed by atoms with Gasteiger partial charge in [-0.2, -0.15) is 0 Å². The van der Waals surface area contributed by atoms with Gasteiger partial charge in [-0.25, -0.2) is 0 Å². The predicted octanol–water partition coefficient (Wildman–Crippen LogP) is 6.16. The van der Waals surface area contributed by atoms with E-state index >= 15 is 0 Å². The largest absolute Gasteiger partial charge is 0.497 e. The Hall–Kier alpha value is -0.843. The molecule has 0 radical (unpaired) electrons. The zero-order valence-electron chi connectivity index (χ0n) is 20.3. The van der Waals surface area contributed by atoms with E-state index < -0.39 is 8.32 Å². The number of ether oxygens (including phenoxy) is 1. The van der Waals surface area contributed by atoms with Gasteiger partial charge in [-0.1, -0.05) is 40.7 Å². The van der Waals surface area contributed by atoms with Crippen LogP contribution in [0.2, 0.25) is 18.1 Å². The molecule has 0 heterocycles. The second kappa shape index (κ2) is 7.35. The molecule has 3 nitrogen and oxygen atoms in total. The molecule has 2 fully saturated rings. The second-order valence-corrected chi connectivity index (χ2v) is 16.9. The molecule has 4 rings (SSSR count). The maximum atomic E-state index is 11.4. The van der Waals surface area contributed by atoms with E-state index in [9.17, 15) is 5.11 Å². The molecule has 1 N–H and O–H groups in total. The topological polar surface area (TPSA) is 38.7 Å². The van der Waals surface area contributed by atoms with Crippen LogP contribution in [0.3, 0.4) is 0 Å². The fourth-order valence-corrected chi connectivity index (χ4v) is 8.21. The molecule has 7 atom stereocenters. The van der Waals surface area contributed by atoms with Gasteiger partial charge in [0.2, 0.25) is 0 Å². The van der Waals surface area contributed by atoms with Crippen molar-refractivity contribution in [1.29, 1.82) is 0 Å². The molecule has 0 saturated heterocycles. The van der Waals surface area contributed by atoms with Crippen LogP contribution in [-0.2, 0) is 10.8 Å². The first-order chi connectivity index (χ1) is 13.9. The Labute approximate surface area is 184 Å². The quantitative estimate of drug-likeness (QED) is 0.584. The van der Waals surface area contributed by atoms with Gasteiger partial charge in [-0.3, -0.25) is 0 Å². The van der Waals surface area contributed by atoms with Crippen molar-refractivity contribution < 1.29 is 14.3 Å². The highest BCUT2D eigenvalue weighted by Crippen LogP contribution is 2.63. The van der Waals surface area contributed by atoms with Crippen LogP contribution in [0.4, 0.5) is 0 Å². The average Bonchev–Trinajstić information content (AvgIpc) is 2.90. The van der Waals surface area contributed by atoms with E-state index in [4.69, 9.17) is 9.16 Å². The molecule has 2 saturated carbocycles. The molecule has 0 aromatic heterocycles. The molecule has 0 unspecified atom stereocenters. The molecule has 0 bridgehead atoms. The van der Waals surface area contributed by atoms with Crippen LogP contribution in [0.25, 0.3) is 0 Å². The number of hydrogen-bond donors (Lipinski definition) is 1. The average molecular weight is 431 g/mol. The molecule has 168 valence electrons. The molecule has 30 heavy (non-hydrogen) atoms. The minimum absolute atomic E-state index is 0.0777. The number of fused-ring (bicyclic) bond motifs is 5. The zero-order valence-corrected chi connectivity index (χ0v) is 21.3. The highest BCUT2D eigenvalue weighted by atomic mass is 28.4. The molecular weight excluding hydrogens is 388 g/mol. The van der Waals surface area contributed by atoms with Crippen LogP contribution in [0, 0.1) is 23.2 Å². The number of aliphatic hydroxyl groups is 1. The Morgan fingerprint density at radius 2 is 1.90 bits per heavy atom. The van der Waals surface area contributed by atoms with Crippen molar-refractivity contribution in [3.63, 3.8) is 0 Å². The van der Waals surface area contributed by atoms with E-state index in [1.165, 1.54) is 17.5 Å². The summed E-state index contributed by atoms with van der Waals surface area (Å²) >= 11 is 0. The summed E-state index contributed by atoms with van der Waals surface area (Å²) in [5.74, 6) is 2.95. The summed E-state index contributed by atoms with van der Waals surface area (Å²) in [5, 5.41) is 11.6. The lowest BCUT2D eigenvalue weighted by molar-refractivity contribution is -0.0554. The molecule has 3 aliphatic rings. The number of aliphatic hydroxyl groups excluding tert-OH is 1. The highest BCUT2D eigenvalue weighted by Gasteiger charge is 2.61. The summed E-state index contributed by atoms with van der Waals surface area (Å²) < 4.78 is 12.5. The summed E-state index contributed by atoms with van der Waals surface area (Å²) in [6.45, 7) is 16.5. The van der Waals surface area contributed by atoms with Crippen molar-refractivity contribution >= 4 is 8.32 Å². The van der Waals surface area contributed by atoms with Crippen LogP contribution < -0.4 is 4.74 Å². The highest BCUT2D eigenvalue weighted by molar-refractivity contribution is 6.74. The van der Waals surface area contributed by atoms with E-state index in [0.717, 1.165) is 25.0 Å². The number of benzene rings is 1. The fraction of sp³-hybridized carbons (Fsp3) is 0.769. The molecule has 3 aliphatic carbocycles. The van der Waals surface area contributed by atoms with E-state index in [0.29, 0.717) is 23.7 Å². The Bertz CT molecular complexity index is 798. The van der Waals surface area contributed by atoms with Crippen LogP contribution in [-0.4, -0.2) is 32.7 Å². The van der Waals surface area contributed by atoms with Gasteiger partial charge in [-0.15, -0.1) is 0 Å². The van der Waals surface area contributed by atoms with Crippen molar-refractivity contribution in [1.82, 2.24) is 0 Å². The van der Waals surface area contributed by atoms with Crippen LogP contribution in [0.5, 0.6) is 5.75 Å². The zero-order chi connectivity index (χ0) is 22.1. The molecule has 0 spiro atoms. The van der Waals surface area contributed by atoms with Gasteiger partial charge >= 0.3 is 0 Å². The lowest BCUT2D eigenvalue weighted by Crippen LogP contribution is -2.52. The first-order valence-corrected chi connectivity index (χ1v) is 14.8. The van der Waals surface area contributed by atoms with E-state index in [1.54, 1.807) is 7.11 Å². The van der Waals surface area contributed by atoms with Gasteiger partial charge in [0.1, 0.15) is 5.75 Å². The van der Waals surface area contributed by atoms with Crippen LogP contribution in [0.1, 0.15) is 70.9 Å². The summed E-state index contributed by atoms with van der Waals surface area (Å²) in [6, 6.07) is 6.66. The van der Waals surface area contributed by atoms with E-state index in [1.807, 2.05) is 0 Å². The lowest BCUT2D eigenvalue weighted by atomic mass is 9.52. The standard InChI is InChI=1S/C26H42O3Si/c1-16-13-17-14-18(28-6)9-10-19(17)20-11-12-26(5)22(15-21(27)24(26)23(16)20)29-30(7,8)25(2,3)4/h9-10,14,16,20-24,27H,11-13,15H2,1-8H3/t16-,20-,21+,22+,23-,24+,26-/m1/s1. The van der Waals surface area contributed by atoms with Gasteiger partial charge < -0.3 is 14.3 Å². The van der Waals surface area contributed by atoms with Crippen molar-refractivity contribution in [3.05, 3.63) is 29.3 Å². The van der Waals surface area contributed by atoms with Gasteiger partial charge in [0, 0.05) is 0 Å². The normalized spacial score (nSPS) is 38.6. The molecule has 1 aromatic carbocycles. The van der Waals surface area contributed by atoms with Gasteiger partial charge in [-0.05, 0) is 96.2 Å². The molecule has 1 aromatic rings. The fourth-order valence-electron chi connectivity index (χ4n) is 6.78. The van der Waals surface area contributed by atoms with Gasteiger partial charge in [0.15, 0.2) is 8.32 Å².